The fourth-order valence-electron chi connectivity index (χ4n) is 2.63. The minimum atomic E-state index is -0.146. The van der Waals surface area contributed by atoms with E-state index in [2.05, 4.69) is 24.5 Å². The van der Waals surface area contributed by atoms with Crippen molar-refractivity contribution in [3.8, 4) is 0 Å². The number of hydrogen-bond donors (Lipinski definition) is 3. The third-order valence-electron chi connectivity index (χ3n) is 4.36. The van der Waals surface area contributed by atoms with Gasteiger partial charge in [-0.1, -0.05) is 32.8 Å². The van der Waals surface area contributed by atoms with Gasteiger partial charge in [-0.25, -0.2) is 0 Å². The van der Waals surface area contributed by atoms with Crippen molar-refractivity contribution in [3.63, 3.8) is 0 Å². The summed E-state index contributed by atoms with van der Waals surface area (Å²) in [6.07, 6.45) is 3.95. The fraction of sp³-hybridized carbons (Fsp3) is 0.556. The molecule has 1 aromatic rings. The number of rotatable bonds is 8. The van der Waals surface area contributed by atoms with Gasteiger partial charge in [-0.2, -0.15) is 0 Å². The molecule has 0 aliphatic heterocycles. The van der Waals surface area contributed by atoms with E-state index in [9.17, 15) is 9.59 Å². The Balaban J connectivity index is 1.95. The molecule has 1 aromatic carbocycles. The maximum Gasteiger partial charge on any atom is 0.251 e. The Morgan fingerprint density at radius 1 is 1.39 bits per heavy atom. The lowest BCUT2D eigenvalue weighted by atomic mass is 10.1. The standard InChI is InChI=1S/C18H27N3O2/c1-3-4-7-15(11-19)21-17(22)13-6-5-8-14(10-13)20-18(23)16-9-12(16)2/h5-6,8,10,12,15-16H,3-4,7,9,11,19H2,1-2H3,(H,20,23)(H,21,22). The summed E-state index contributed by atoms with van der Waals surface area (Å²) in [4.78, 5) is 24.3. The number of benzene rings is 1. The van der Waals surface area contributed by atoms with E-state index in [-0.39, 0.29) is 23.8 Å². The van der Waals surface area contributed by atoms with E-state index in [1.165, 1.54) is 0 Å². The highest BCUT2D eigenvalue weighted by atomic mass is 16.2. The van der Waals surface area contributed by atoms with Crippen LogP contribution in [0.2, 0.25) is 0 Å². The van der Waals surface area contributed by atoms with Crippen LogP contribution in [0, 0.1) is 11.8 Å². The lowest BCUT2D eigenvalue weighted by Crippen LogP contribution is -2.40. The first-order valence-corrected chi connectivity index (χ1v) is 8.47. The van der Waals surface area contributed by atoms with Gasteiger partial charge in [-0.05, 0) is 37.0 Å². The Kier molecular flexibility index (Phi) is 6.16. The van der Waals surface area contributed by atoms with Gasteiger partial charge in [-0.15, -0.1) is 0 Å². The molecule has 0 aromatic heterocycles. The van der Waals surface area contributed by atoms with Crippen LogP contribution in [0.15, 0.2) is 24.3 Å². The maximum absolute atomic E-state index is 12.3. The lowest BCUT2D eigenvalue weighted by molar-refractivity contribution is -0.117. The van der Waals surface area contributed by atoms with Gasteiger partial charge in [0.05, 0.1) is 0 Å². The number of nitrogens with two attached hydrogens (primary N) is 1. The van der Waals surface area contributed by atoms with Gasteiger partial charge in [0, 0.05) is 29.8 Å². The molecule has 0 heterocycles. The summed E-state index contributed by atoms with van der Waals surface area (Å²) in [7, 11) is 0. The van der Waals surface area contributed by atoms with Crippen LogP contribution in [0.3, 0.4) is 0 Å². The summed E-state index contributed by atoms with van der Waals surface area (Å²) in [5.74, 6) is 0.471. The smallest absolute Gasteiger partial charge is 0.251 e. The molecule has 1 saturated carbocycles. The summed E-state index contributed by atoms with van der Waals surface area (Å²) in [6, 6.07) is 7.04. The molecule has 3 unspecified atom stereocenters. The van der Waals surface area contributed by atoms with Gasteiger partial charge < -0.3 is 16.4 Å². The zero-order valence-corrected chi connectivity index (χ0v) is 14.0. The monoisotopic (exact) mass is 317 g/mol. The van der Waals surface area contributed by atoms with Crippen LogP contribution < -0.4 is 16.4 Å². The number of carbonyl (C=O) groups is 2. The van der Waals surface area contributed by atoms with Crippen molar-refractivity contribution in [3.05, 3.63) is 29.8 Å². The molecular weight excluding hydrogens is 290 g/mol. The second-order valence-corrected chi connectivity index (χ2v) is 6.44. The van der Waals surface area contributed by atoms with Crippen LogP contribution >= 0.6 is 0 Å². The van der Waals surface area contributed by atoms with Gasteiger partial charge >= 0.3 is 0 Å². The van der Waals surface area contributed by atoms with Gasteiger partial charge in [0.2, 0.25) is 5.91 Å². The summed E-state index contributed by atoms with van der Waals surface area (Å²) in [6.45, 7) is 4.61. The first kappa shape index (κ1) is 17.5. The second-order valence-electron chi connectivity index (χ2n) is 6.44. The summed E-state index contributed by atoms with van der Waals surface area (Å²) >= 11 is 0. The van der Waals surface area contributed by atoms with Gasteiger partial charge in [-0.3, -0.25) is 9.59 Å². The molecule has 1 fully saturated rings. The highest BCUT2D eigenvalue weighted by Crippen LogP contribution is 2.38. The van der Waals surface area contributed by atoms with Crippen molar-refractivity contribution < 1.29 is 9.59 Å². The van der Waals surface area contributed by atoms with Crippen molar-refractivity contribution in [2.45, 2.75) is 45.6 Å². The van der Waals surface area contributed by atoms with Crippen molar-refractivity contribution in [1.82, 2.24) is 5.32 Å². The Labute approximate surface area is 138 Å². The molecule has 2 rings (SSSR count). The number of carbonyl (C=O) groups excluding carboxylic acids is 2. The molecule has 5 nitrogen and oxygen atoms in total. The van der Waals surface area contributed by atoms with Crippen LogP contribution in [-0.4, -0.2) is 24.4 Å². The van der Waals surface area contributed by atoms with Crippen LogP contribution in [0.25, 0.3) is 0 Å². The average Bonchev–Trinajstić information content (AvgIpc) is 3.28. The Morgan fingerprint density at radius 3 is 2.74 bits per heavy atom. The van der Waals surface area contributed by atoms with Crippen LogP contribution in [0.5, 0.6) is 0 Å². The molecule has 1 aliphatic rings. The van der Waals surface area contributed by atoms with Gasteiger partial charge in [0.25, 0.3) is 5.91 Å². The molecule has 1 aliphatic carbocycles. The number of amides is 2. The molecular formula is C18H27N3O2. The topological polar surface area (TPSA) is 84.2 Å². The molecule has 0 radical (unpaired) electrons. The van der Waals surface area contributed by atoms with E-state index in [4.69, 9.17) is 5.73 Å². The minimum absolute atomic E-state index is 0.00647. The van der Waals surface area contributed by atoms with Crippen molar-refractivity contribution >= 4 is 17.5 Å². The molecule has 4 N–H and O–H groups in total. The van der Waals surface area contributed by atoms with Gasteiger partial charge in [0.15, 0.2) is 0 Å². The highest BCUT2D eigenvalue weighted by molar-refractivity contribution is 5.98. The Morgan fingerprint density at radius 2 is 2.13 bits per heavy atom. The fourth-order valence-corrected chi connectivity index (χ4v) is 2.63. The summed E-state index contributed by atoms with van der Waals surface area (Å²) in [5, 5.41) is 5.85. The predicted molar refractivity (Wildman–Crippen MR) is 92.2 cm³/mol. The first-order valence-electron chi connectivity index (χ1n) is 8.47. The number of hydrogen-bond acceptors (Lipinski definition) is 3. The first-order chi connectivity index (χ1) is 11.0. The molecule has 0 spiro atoms. The Hall–Kier alpha value is -1.88. The van der Waals surface area contributed by atoms with E-state index >= 15 is 0 Å². The average molecular weight is 317 g/mol. The van der Waals surface area contributed by atoms with Gasteiger partial charge in [0.1, 0.15) is 0 Å². The SMILES string of the molecule is CCCCC(CN)NC(=O)c1cccc(NC(=O)C2CC2C)c1. The molecule has 0 saturated heterocycles. The Bertz CT molecular complexity index is 559. The van der Waals surface area contributed by atoms with Crippen molar-refractivity contribution in [1.29, 1.82) is 0 Å². The molecule has 2 amide bonds. The predicted octanol–water partition coefficient (Wildman–Crippen LogP) is 2.53. The molecule has 23 heavy (non-hydrogen) atoms. The molecule has 5 heteroatoms. The van der Waals surface area contributed by atoms with E-state index < -0.39 is 0 Å². The largest absolute Gasteiger partial charge is 0.348 e. The third kappa shape index (κ3) is 5.06. The minimum Gasteiger partial charge on any atom is -0.348 e. The van der Waals surface area contributed by atoms with E-state index in [0.717, 1.165) is 25.7 Å². The highest BCUT2D eigenvalue weighted by Gasteiger charge is 2.39. The van der Waals surface area contributed by atoms with Crippen molar-refractivity contribution in [2.24, 2.45) is 17.6 Å². The van der Waals surface area contributed by atoms with Crippen LogP contribution in [-0.2, 0) is 4.79 Å². The quantitative estimate of drug-likeness (QED) is 0.689. The van der Waals surface area contributed by atoms with E-state index in [1.807, 2.05) is 0 Å². The molecule has 0 bridgehead atoms. The normalized spacial score (nSPS) is 20.7. The maximum atomic E-state index is 12.3. The second kappa shape index (κ2) is 8.11. The lowest BCUT2D eigenvalue weighted by Gasteiger charge is -2.16. The summed E-state index contributed by atoms with van der Waals surface area (Å²) in [5.41, 5.74) is 6.93. The zero-order chi connectivity index (χ0) is 16.8. The zero-order valence-electron chi connectivity index (χ0n) is 14.0. The van der Waals surface area contributed by atoms with Crippen LogP contribution in [0.4, 0.5) is 5.69 Å². The molecule has 126 valence electrons. The number of unbranched alkanes of at least 4 members (excludes halogenated alkanes) is 1. The number of nitrogens with one attached hydrogen (secondary N) is 2. The summed E-state index contributed by atoms with van der Waals surface area (Å²) < 4.78 is 0. The van der Waals surface area contributed by atoms with Crippen molar-refractivity contribution in [2.75, 3.05) is 11.9 Å². The number of anilines is 1. The van der Waals surface area contributed by atoms with E-state index in [0.29, 0.717) is 23.7 Å². The third-order valence-corrected chi connectivity index (χ3v) is 4.36. The van der Waals surface area contributed by atoms with Crippen LogP contribution in [0.1, 0.15) is 49.9 Å². The van der Waals surface area contributed by atoms with E-state index in [1.54, 1.807) is 24.3 Å². The molecule has 3 atom stereocenters.